The second-order valence-electron chi connectivity index (χ2n) is 6.34. The number of hydrogen-bond donors (Lipinski definition) is 4. The van der Waals surface area contributed by atoms with Gasteiger partial charge in [0.25, 0.3) is 5.91 Å². The highest BCUT2D eigenvalue weighted by molar-refractivity contribution is 6.05. The number of para-hydroxylation sites is 1. The number of anilines is 3. The van der Waals surface area contributed by atoms with Gasteiger partial charge in [0, 0.05) is 22.6 Å². The van der Waals surface area contributed by atoms with Gasteiger partial charge in [-0.3, -0.25) is 9.59 Å². The van der Waals surface area contributed by atoms with Crippen molar-refractivity contribution in [2.75, 3.05) is 16.4 Å². The third-order valence-electron chi connectivity index (χ3n) is 4.20. The smallest absolute Gasteiger partial charge is 0.335 e. The molecule has 0 bridgehead atoms. The van der Waals surface area contributed by atoms with Crippen molar-refractivity contribution < 1.29 is 19.5 Å². The standard InChI is InChI=1S/C22H19N3O4/c23-19-7-2-1-4-15(19)13-20(26)24-18-6-3-5-16(12-18)21(27)25-17-10-8-14(9-11-17)22(28)29/h1-12H,13,23H2,(H,24,26)(H,25,27)(H,28,29). The molecule has 0 fully saturated rings. The molecule has 3 aromatic rings. The molecule has 0 unspecified atom stereocenters. The van der Waals surface area contributed by atoms with E-state index in [2.05, 4.69) is 10.6 Å². The van der Waals surface area contributed by atoms with Gasteiger partial charge in [-0.2, -0.15) is 0 Å². The minimum atomic E-state index is -1.04. The van der Waals surface area contributed by atoms with Crippen molar-refractivity contribution in [3.05, 3.63) is 89.5 Å². The third kappa shape index (κ3) is 5.20. The number of carbonyl (C=O) groups excluding carboxylic acids is 2. The van der Waals surface area contributed by atoms with Gasteiger partial charge in [-0.05, 0) is 54.1 Å². The van der Waals surface area contributed by atoms with Crippen LogP contribution in [0.4, 0.5) is 17.1 Å². The number of hydrogen-bond acceptors (Lipinski definition) is 4. The van der Waals surface area contributed by atoms with E-state index in [1.807, 2.05) is 6.07 Å². The molecule has 3 rings (SSSR count). The molecule has 0 spiro atoms. The summed E-state index contributed by atoms with van der Waals surface area (Å²) in [6.07, 6.45) is 0.124. The van der Waals surface area contributed by atoms with Crippen molar-refractivity contribution in [2.45, 2.75) is 6.42 Å². The number of carbonyl (C=O) groups is 3. The maximum atomic E-state index is 12.4. The molecule has 29 heavy (non-hydrogen) atoms. The van der Waals surface area contributed by atoms with Crippen LogP contribution in [0.2, 0.25) is 0 Å². The Labute approximate surface area is 167 Å². The Morgan fingerprint density at radius 2 is 1.52 bits per heavy atom. The molecule has 3 aromatic carbocycles. The highest BCUT2D eigenvalue weighted by Gasteiger charge is 2.10. The molecule has 0 radical (unpaired) electrons. The highest BCUT2D eigenvalue weighted by Crippen LogP contribution is 2.16. The molecule has 7 nitrogen and oxygen atoms in total. The lowest BCUT2D eigenvalue weighted by Gasteiger charge is -2.09. The van der Waals surface area contributed by atoms with E-state index >= 15 is 0 Å². The van der Waals surface area contributed by atoms with Crippen LogP contribution >= 0.6 is 0 Å². The first kappa shape index (κ1) is 19.6. The molecule has 0 saturated carbocycles. The Bertz CT molecular complexity index is 1060. The fourth-order valence-electron chi connectivity index (χ4n) is 2.71. The fraction of sp³-hybridized carbons (Fsp3) is 0.0455. The Balaban J connectivity index is 1.65. The summed E-state index contributed by atoms with van der Waals surface area (Å²) in [7, 11) is 0. The Hall–Kier alpha value is -4.13. The zero-order chi connectivity index (χ0) is 20.8. The van der Waals surface area contributed by atoms with Crippen LogP contribution < -0.4 is 16.4 Å². The zero-order valence-corrected chi connectivity index (χ0v) is 15.4. The minimum absolute atomic E-state index is 0.124. The van der Waals surface area contributed by atoms with Crippen LogP contribution in [0.3, 0.4) is 0 Å². The molecule has 2 amide bonds. The number of nitrogens with one attached hydrogen (secondary N) is 2. The zero-order valence-electron chi connectivity index (χ0n) is 15.4. The number of nitrogens with two attached hydrogens (primary N) is 1. The van der Waals surface area contributed by atoms with Crippen LogP contribution in [-0.4, -0.2) is 22.9 Å². The van der Waals surface area contributed by atoms with Gasteiger partial charge in [-0.25, -0.2) is 4.79 Å². The maximum Gasteiger partial charge on any atom is 0.335 e. The second kappa shape index (κ2) is 8.71. The molecule has 146 valence electrons. The Morgan fingerprint density at radius 1 is 0.793 bits per heavy atom. The number of aromatic carboxylic acids is 1. The monoisotopic (exact) mass is 389 g/mol. The molecule has 7 heteroatoms. The van der Waals surface area contributed by atoms with Crippen LogP contribution in [0, 0.1) is 0 Å². The number of benzene rings is 3. The first-order valence-corrected chi connectivity index (χ1v) is 8.80. The van der Waals surface area contributed by atoms with Crippen molar-refractivity contribution >= 4 is 34.8 Å². The van der Waals surface area contributed by atoms with Gasteiger partial charge < -0.3 is 21.5 Å². The molecule has 0 aliphatic heterocycles. The van der Waals surface area contributed by atoms with Crippen LogP contribution in [-0.2, 0) is 11.2 Å². The van der Waals surface area contributed by atoms with Crippen molar-refractivity contribution in [1.82, 2.24) is 0 Å². The highest BCUT2D eigenvalue weighted by atomic mass is 16.4. The van der Waals surface area contributed by atoms with Crippen LogP contribution in [0.15, 0.2) is 72.8 Å². The average molecular weight is 389 g/mol. The Kier molecular flexibility index (Phi) is 5.89. The van der Waals surface area contributed by atoms with Gasteiger partial charge in [0.05, 0.1) is 12.0 Å². The van der Waals surface area contributed by atoms with E-state index in [1.165, 1.54) is 24.3 Å². The van der Waals surface area contributed by atoms with E-state index in [4.69, 9.17) is 10.8 Å². The summed E-state index contributed by atoms with van der Waals surface area (Å²) in [4.78, 5) is 35.6. The largest absolute Gasteiger partial charge is 0.478 e. The number of amides is 2. The van der Waals surface area contributed by atoms with Crippen LogP contribution in [0.5, 0.6) is 0 Å². The van der Waals surface area contributed by atoms with E-state index in [1.54, 1.807) is 42.5 Å². The molecular weight excluding hydrogens is 370 g/mol. The molecule has 0 aliphatic carbocycles. The molecule has 5 N–H and O–H groups in total. The van der Waals surface area contributed by atoms with Gasteiger partial charge >= 0.3 is 5.97 Å². The van der Waals surface area contributed by atoms with Crippen molar-refractivity contribution in [2.24, 2.45) is 0 Å². The van der Waals surface area contributed by atoms with Crippen molar-refractivity contribution in [3.8, 4) is 0 Å². The summed E-state index contributed by atoms with van der Waals surface area (Å²) in [5.74, 6) is -1.66. The number of nitrogen functional groups attached to an aromatic ring is 1. The SMILES string of the molecule is Nc1ccccc1CC(=O)Nc1cccc(C(=O)Nc2ccc(C(=O)O)cc2)c1. The lowest BCUT2D eigenvalue weighted by atomic mass is 10.1. The van der Waals surface area contributed by atoms with E-state index in [9.17, 15) is 14.4 Å². The van der Waals surface area contributed by atoms with E-state index in [-0.39, 0.29) is 23.8 Å². The molecule has 0 saturated heterocycles. The molecular formula is C22H19N3O4. The first-order chi connectivity index (χ1) is 13.9. The van der Waals surface area contributed by atoms with E-state index in [0.29, 0.717) is 22.6 Å². The van der Waals surface area contributed by atoms with E-state index < -0.39 is 5.97 Å². The maximum absolute atomic E-state index is 12.4. The fourth-order valence-corrected chi connectivity index (χ4v) is 2.71. The molecule has 0 heterocycles. The lowest BCUT2D eigenvalue weighted by Crippen LogP contribution is -2.16. The Morgan fingerprint density at radius 3 is 2.21 bits per heavy atom. The molecule has 0 atom stereocenters. The molecule has 0 aliphatic rings. The second-order valence-corrected chi connectivity index (χ2v) is 6.34. The average Bonchev–Trinajstić information content (AvgIpc) is 2.70. The predicted molar refractivity (Wildman–Crippen MR) is 111 cm³/mol. The van der Waals surface area contributed by atoms with Crippen molar-refractivity contribution in [3.63, 3.8) is 0 Å². The lowest BCUT2D eigenvalue weighted by molar-refractivity contribution is -0.115. The predicted octanol–water partition coefficient (Wildman–Crippen LogP) is 3.40. The number of rotatable bonds is 6. The van der Waals surface area contributed by atoms with Gasteiger partial charge in [-0.1, -0.05) is 24.3 Å². The number of carboxylic acid groups (broad SMARTS) is 1. The summed E-state index contributed by atoms with van der Waals surface area (Å²) < 4.78 is 0. The topological polar surface area (TPSA) is 122 Å². The van der Waals surface area contributed by atoms with Crippen LogP contribution in [0.1, 0.15) is 26.3 Å². The number of carboxylic acids is 1. The van der Waals surface area contributed by atoms with Gasteiger partial charge in [-0.15, -0.1) is 0 Å². The van der Waals surface area contributed by atoms with Gasteiger partial charge in [0.15, 0.2) is 0 Å². The minimum Gasteiger partial charge on any atom is -0.478 e. The molecule has 0 aromatic heterocycles. The quantitative estimate of drug-likeness (QED) is 0.482. The summed E-state index contributed by atoms with van der Waals surface area (Å²) in [6.45, 7) is 0. The van der Waals surface area contributed by atoms with E-state index in [0.717, 1.165) is 5.56 Å². The first-order valence-electron chi connectivity index (χ1n) is 8.80. The van der Waals surface area contributed by atoms with Gasteiger partial charge in [0.1, 0.15) is 0 Å². The summed E-state index contributed by atoms with van der Waals surface area (Å²) >= 11 is 0. The van der Waals surface area contributed by atoms with Crippen LogP contribution in [0.25, 0.3) is 0 Å². The van der Waals surface area contributed by atoms with Gasteiger partial charge in [0.2, 0.25) is 5.91 Å². The van der Waals surface area contributed by atoms with Crippen molar-refractivity contribution in [1.29, 1.82) is 0 Å². The summed E-state index contributed by atoms with van der Waals surface area (Å²) in [6, 6.07) is 19.5. The summed E-state index contributed by atoms with van der Waals surface area (Å²) in [5.41, 5.74) is 8.57. The normalized spacial score (nSPS) is 10.2. The summed E-state index contributed by atoms with van der Waals surface area (Å²) in [5, 5.41) is 14.4. The third-order valence-corrected chi connectivity index (χ3v) is 4.20.